The first-order valence-corrected chi connectivity index (χ1v) is 5.50. The van der Waals surface area contributed by atoms with Crippen molar-refractivity contribution in [2.45, 2.75) is 6.18 Å². The molecule has 0 aromatic heterocycles. The van der Waals surface area contributed by atoms with Crippen molar-refractivity contribution in [1.29, 1.82) is 0 Å². The highest BCUT2D eigenvalue weighted by atomic mass is 79.9. The maximum Gasteiger partial charge on any atom is 0.419 e. The maximum atomic E-state index is 13.5. The smallest absolute Gasteiger partial charge is 0.347 e. The summed E-state index contributed by atoms with van der Waals surface area (Å²) in [7, 11) is 0. The topological polar surface area (TPSA) is 29.1 Å². The van der Waals surface area contributed by atoms with Crippen molar-refractivity contribution in [3.8, 4) is 0 Å². The van der Waals surface area contributed by atoms with Gasteiger partial charge in [0.15, 0.2) is 0 Å². The van der Waals surface area contributed by atoms with Gasteiger partial charge in [0, 0.05) is 11.0 Å². The third-order valence-corrected chi connectivity index (χ3v) is 2.27. The molecule has 1 aromatic rings. The summed E-state index contributed by atoms with van der Waals surface area (Å²) in [6, 6.07) is 2.54. The van der Waals surface area contributed by atoms with E-state index in [0.29, 0.717) is 10.5 Å². The predicted molar refractivity (Wildman–Crippen MR) is 61.8 cm³/mol. The highest BCUT2D eigenvalue weighted by Gasteiger charge is 2.35. The summed E-state index contributed by atoms with van der Waals surface area (Å²) in [6.45, 7) is 3.42. The monoisotopic (exact) mass is 325 g/mol. The molecule has 1 N–H and O–H groups in total. The zero-order valence-corrected chi connectivity index (χ0v) is 10.5. The fourth-order valence-corrected chi connectivity index (χ4v) is 1.34. The number of rotatable bonds is 3. The average molecular weight is 326 g/mol. The van der Waals surface area contributed by atoms with Crippen LogP contribution >= 0.6 is 15.9 Å². The molecule has 0 saturated heterocycles. The normalized spacial score (nSPS) is 11.2. The number of nitrogens with one attached hydrogen (secondary N) is 1. The van der Waals surface area contributed by atoms with Crippen LogP contribution in [0.25, 0.3) is 0 Å². The van der Waals surface area contributed by atoms with Crippen LogP contribution in [-0.2, 0) is 6.18 Å². The standard InChI is InChI=1S/C11H8BrF4NO/c1-6(12)5-17-10(18)7-3-2-4-8(9(7)13)11(14,15)16/h2-4H,1,5H2,(H,17,18). The van der Waals surface area contributed by atoms with Crippen LogP contribution in [0.3, 0.4) is 0 Å². The van der Waals surface area contributed by atoms with E-state index in [1.165, 1.54) is 0 Å². The third-order valence-electron chi connectivity index (χ3n) is 1.99. The van der Waals surface area contributed by atoms with Crippen LogP contribution in [0.2, 0.25) is 0 Å². The lowest BCUT2D eigenvalue weighted by molar-refractivity contribution is -0.140. The van der Waals surface area contributed by atoms with Crippen LogP contribution < -0.4 is 5.32 Å². The van der Waals surface area contributed by atoms with E-state index >= 15 is 0 Å². The maximum absolute atomic E-state index is 13.5. The Hall–Kier alpha value is -1.37. The molecule has 1 amide bonds. The molecule has 0 heterocycles. The van der Waals surface area contributed by atoms with Crippen molar-refractivity contribution in [2.75, 3.05) is 6.54 Å². The first-order chi connectivity index (χ1) is 8.23. The number of hydrogen-bond acceptors (Lipinski definition) is 1. The Morgan fingerprint density at radius 3 is 2.50 bits per heavy atom. The molecule has 0 atom stereocenters. The summed E-state index contributed by atoms with van der Waals surface area (Å²) in [5.41, 5.74) is -2.12. The Kier molecular flexibility index (Phi) is 4.50. The van der Waals surface area contributed by atoms with Crippen LogP contribution in [-0.4, -0.2) is 12.5 Å². The SMILES string of the molecule is C=C(Br)CNC(=O)c1cccc(C(F)(F)F)c1F. The van der Waals surface area contributed by atoms with Crippen LogP contribution in [0.5, 0.6) is 0 Å². The Morgan fingerprint density at radius 2 is 2.00 bits per heavy atom. The van der Waals surface area contributed by atoms with Crippen molar-refractivity contribution in [1.82, 2.24) is 5.32 Å². The third kappa shape index (κ3) is 3.56. The number of halogens is 5. The molecule has 7 heteroatoms. The molecule has 0 aliphatic rings. The van der Waals surface area contributed by atoms with Crippen molar-refractivity contribution < 1.29 is 22.4 Å². The number of carbonyl (C=O) groups is 1. The fraction of sp³-hybridized carbons (Fsp3) is 0.182. The van der Waals surface area contributed by atoms with E-state index in [-0.39, 0.29) is 6.54 Å². The van der Waals surface area contributed by atoms with Crippen molar-refractivity contribution >= 4 is 21.8 Å². The van der Waals surface area contributed by atoms with Gasteiger partial charge in [-0.15, -0.1) is 0 Å². The minimum absolute atomic E-state index is 0.00544. The second-order valence-corrected chi connectivity index (χ2v) is 4.49. The molecule has 1 aromatic carbocycles. The first kappa shape index (κ1) is 14.7. The number of alkyl halides is 3. The van der Waals surface area contributed by atoms with Crippen molar-refractivity contribution in [3.05, 3.63) is 46.2 Å². The summed E-state index contributed by atoms with van der Waals surface area (Å²) in [6.07, 6.45) is -4.83. The Balaban J connectivity index is 3.04. The molecule has 18 heavy (non-hydrogen) atoms. The van der Waals surface area contributed by atoms with E-state index in [1.807, 2.05) is 0 Å². The van der Waals surface area contributed by atoms with Gasteiger partial charge < -0.3 is 5.32 Å². The first-order valence-electron chi connectivity index (χ1n) is 4.70. The largest absolute Gasteiger partial charge is 0.419 e. The van der Waals surface area contributed by atoms with Crippen molar-refractivity contribution in [3.63, 3.8) is 0 Å². The van der Waals surface area contributed by atoms with Crippen LogP contribution in [0.1, 0.15) is 15.9 Å². The molecule has 0 aliphatic carbocycles. The summed E-state index contributed by atoms with van der Waals surface area (Å²) in [4.78, 5) is 11.5. The van der Waals surface area contributed by atoms with Gasteiger partial charge in [-0.3, -0.25) is 4.79 Å². The predicted octanol–water partition coefficient (Wildman–Crippen LogP) is 3.48. The van der Waals surface area contributed by atoms with Crippen LogP contribution in [0, 0.1) is 5.82 Å². The lowest BCUT2D eigenvalue weighted by Crippen LogP contribution is -2.26. The van der Waals surface area contributed by atoms with Gasteiger partial charge >= 0.3 is 6.18 Å². The molecular weight excluding hydrogens is 318 g/mol. The van der Waals surface area contributed by atoms with Gasteiger partial charge in [-0.2, -0.15) is 13.2 Å². The quantitative estimate of drug-likeness (QED) is 0.847. The number of benzene rings is 1. The van der Waals surface area contributed by atoms with Gasteiger partial charge in [-0.05, 0) is 12.1 Å². The van der Waals surface area contributed by atoms with Crippen LogP contribution in [0.4, 0.5) is 17.6 Å². The van der Waals surface area contributed by atoms with E-state index in [9.17, 15) is 22.4 Å². The minimum Gasteiger partial charge on any atom is -0.347 e. The molecule has 1 rings (SSSR count). The molecule has 0 radical (unpaired) electrons. The lowest BCUT2D eigenvalue weighted by atomic mass is 10.1. The van der Waals surface area contributed by atoms with Crippen molar-refractivity contribution in [2.24, 2.45) is 0 Å². The molecule has 0 unspecified atom stereocenters. The fourth-order valence-electron chi connectivity index (χ4n) is 1.20. The molecule has 98 valence electrons. The summed E-state index contributed by atoms with van der Waals surface area (Å²) in [5.74, 6) is -2.51. The second-order valence-electron chi connectivity index (χ2n) is 3.36. The highest BCUT2D eigenvalue weighted by molar-refractivity contribution is 9.11. The highest BCUT2D eigenvalue weighted by Crippen LogP contribution is 2.32. The van der Waals surface area contributed by atoms with Gasteiger partial charge in [0.1, 0.15) is 5.82 Å². The summed E-state index contributed by atoms with van der Waals surface area (Å²) < 4.78 is 51.2. The zero-order valence-electron chi connectivity index (χ0n) is 8.94. The Labute approximate surface area is 109 Å². The van der Waals surface area contributed by atoms with Gasteiger partial charge in [-0.25, -0.2) is 4.39 Å². The molecule has 0 fully saturated rings. The Bertz CT molecular complexity index is 484. The van der Waals surface area contributed by atoms with Gasteiger partial charge in [-0.1, -0.05) is 28.6 Å². The molecule has 0 spiro atoms. The molecule has 0 saturated carbocycles. The summed E-state index contributed by atoms with van der Waals surface area (Å²) >= 11 is 2.96. The van der Waals surface area contributed by atoms with Crippen LogP contribution in [0.15, 0.2) is 29.3 Å². The van der Waals surface area contributed by atoms with Gasteiger partial charge in [0.05, 0.1) is 11.1 Å². The van der Waals surface area contributed by atoms with Gasteiger partial charge in [0.2, 0.25) is 0 Å². The van der Waals surface area contributed by atoms with E-state index in [2.05, 4.69) is 27.8 Å². The van der Waals surface area contributed by atoms with E-state index in [0.717, 1.165) is 12.1 Å². The zero-order chi connectivity index (χ0) is 13.9. The molecule has 0 aliphatic heterocycles. The molecular formula is C11H8BrF4NO. The number of hydrogen-bond donors (Lipinski definition) is 1. The van der Waals surface area contributed by atoms with E-state index in [1.54, 1.807) is 0 Å². The van der Waals surface area contributed by atoms with E-state index in [4.69, 9.17) is 0 Å². The number of carbonyl (C=O) groups excluding carboxylic acids is 1. The minimum atomic E-state index is -4.83. The average Bonchev–Trinajstić information content (AvgIpc) is 2.24. The van der Waals surface area contributed by atoms with E-state index < -0.39 is 29.0 Å². The second kappa shape index (κ2) is 5.51. The number of amides is 1. The molecule has 0 bridgehead atoms. The molecule has 2 nitrogen and oxygen atoms in total. The van der Waals surface area contributed by atoms with Gasteiger partial charge in [0.25, 0.3) is 5.91 Å². The Morgan fingerprint density at radius 1 is 1.39 bits per heavy atom. The lowest BCUT2D eigenvalue weighted by Gasteiger charge is -2.11. The summed E-state index contributed by atoms with van der Waals surface area (Å²) in [5, 5.41) is 2.23.